The quantitative estimate of drug-likeness (QED) is 0.783. The predicted octanol–water partition coefficient (Wildman–Crippen LogP) is 4.89. The molecule has 1 heterocycles. The van der Waals surface area contributed by atoms with Crippen LogP contribution in [-0.2, 0) is 0 Å². The molecule has 0 bridgehead atoms. The van der Waals surface area contributed by atoms with Crippen molar-refractivity contribution in [2.45, 2.75) is 38.4 Å². The van der Waals surface area contributed by atoms with E-state index in [1.165, 1.54) is 11.3 Å². The minimum Gasteiger partial charge on any atom is -0.309 e. The van der Waals surface area contributed by atoms with Crippen LogP contribution >= 0.6 is 27.3 Å². The maximum atomic E-state index is 12.2. The summed E-state index contributed by atoms with van der Waals surface area (Å²) < 4.78 is 37.6. The van der Waals surface area contributed by atoms with Crippen LogP contribution in [0.4, 0.5) is 13.2 Å². The van der Waals surface area contributed by atoms with E-state index in [1.54, 1.807) is 0 Å². The Bertz CT molecular complexity index is 338. The van der Waals surface area contributed by atoms with Gasteiger partial charge in [0, 0.05) is 21.8 Å². The molecule has 98 valence electrons. The van der Waals surface area contributed by atoms with Crippen molar-refractivity contribution >= 4 is 27.3 Å². The topological polar surface area (TPSA) is 12.0 Å². The molecule has 1 aromatic heterocycles. The molecule has 0 amide bonds. The first-order valence-corrected chi connectivity index (χ1v) is 7.14. The van der Waals surface area contributed by atoms with Gasteiger partial charge in [0.25, 0.3) is 0 Å². The van der Waals surface area contributed by atoms with Crippen molar-refractivity contribution in [2.75, 3.05) is 6.54 Å². The van der Waals surface area contributed by atoms with Crippen molar-refractivity contribution in [1.29, 1.82) is 0 Å². The molecule has 1 N–H and O–H groups in total. The molecule has 1 atom stereocenters. The fourth-order valence-corrected chi connectivity index (χ4v) is 3.27. The molecule has 0 fully saturated rings. The third kappa shape index (κ3) is 5.40. The molecule has 0 spiro atoms. The third-order valence-electron chi connectivity index (χ3n) is 2.32. The lowest BCUT2D eigenvalue weighted by Crippen LogP contribution is -2.23. The van der Waals surface area contributed by atoms with Crippen molar-refractivity contribution < 1.29 is 13.2 Å². The van der Waals surface area contributed by atoms with E-state index >= 15 is 0 Å². The predicted molar refractivity (Wildman–Crippen MR) is 68.3 cm³/mol. The Kier molecular flexibility index (Phi) is 5.95. The molecule has 0 radical (unpaired) electrons. The molecule has 6 heteroatoms. The fraction of sp³-hybridized carbons (Fsp3) is 0.636. The van der Waals surface area contributed by atoms with E-state index < -0.39 is 12.6 Å². The Morgan fingerprint density at radius 1 is 1.47 bits per heavy atom. The first kappa shape index (κ1) is 15.0. The van der Waals surface area contributed by atoms with Crippen LogP contribution in [0.2, 0.25) is 0 Å². The smallest absolute Gasteiger partial charge is 0.309 e. The lowest BCUT2D eigenvalue weighted by Gasteiger charge is -2.18. The molecule has 1 rings (SSSR count). The number of halogens is 4. The molecule has 0 aliphatic rings. The molecule has 1 aromatic rings. The summed E-state index contributed by atoms with van der Waals surface area (Å²) in [4.78, 5) is 0.947. The highest BCUT2D eigenvalue weighted by Gasteiger charge is 2.29. The number of rotatable bonds is 6. The first-order chi connectivity index (χ1) is 7.94. The summed E-state index contributed by atoms with van der Waals surface area (Å²) in [6, 6.07) is 1.65. The van der Waals surface area contributed by atoms with Crippen LogP contribution in [0.1, 0.15) is 37.1 Å². The van der Waals surface area contributed by atoms with Crippen LogP contribution in [0.5, 0.6) is 0 Å². The van der Waals surface area contributed by atoms with Gasteiger partial charge < -0.3 is 5.32 Å². The van der Waals surface area contributed by atoms with Gasteiger partial charge in [-0.05, 0) is 46.8 Å². The average molecular weight is 330 g/mol. The standard InChI is InChI=1S/C11H15BrF3NS/c1-2-6-16-9(3-5-11(13,14)15)10-8(12)4-7-17-10/h4,7,9,16H,2-3,5-6H2,1H3. The van der Waals surface area contributed by atoms with E-state index in [2.05, 4.69) is 21.2 Å². The Morgan fingerprint density at radius 2 is 2.18 bits per heavy atom. The fourth-order valence-electron chi connectivity index (χ4n) is 1.51. The van der Waals surface area contributed by atoms with Crippen LogP contribution < -0.4 is 5.32 Å². The van der Waals surface area contributed by atoms with Gasteiger partial charge in [-0.2, -0.15) is 13.2 Å². The molecular weight excluding hydrogens is 315 g/mol. The molecule has 0 aliphatic heterocycles. The van der Waals surface area contributed by atoms with Crippen LogP contribution in [-0.4, -0.2) is 12.7 Å². The molecular formula is C11H15BrF3NS. The van der Waals surface area contributed by atoms with Crippen molar-refractivity contribution in [3.63, 3.8) is 0 Å². The summed E-state index contributed by atoms with van der Waals surface area (Å²) in [5.74, 6) is 0. The highest BCUT2D eigenvalue weighted by atomic mass is 79.9. The minimum atomic E-state index is -4.09. The maximum absolute atomic E-state index is 12.2. The van der Waals surface area contributed by atoms with Gasteiger partial charge in [0.1, 0.15) is 0 Å². The monoisotopic (exact) mass is 329 g/mol. The summed E-state index contributed by atoms with van der Waals surface area (Å²) >= 11 is 4.85. The van der Waals surface area contributed by atoms with E-state index in [1.807, 2.05) is 18.4 Å². The van der Waals surface area contributed by atoms with E-state index in [-0.39, 0.29) is 12.5 Å². The van der Waals surface area contributed by atoms with E-state index in [0.29, 0.717) is 0 Å². The lowest BCUT2D eigenvalue weighted by molar-refractivity contribution is -0.136. The molecule has 0 saturated carbocycles. The zero-order valence-electron chi connectivity index (χ0n) is 9.48. The number of hydrogen-bond donors (Lipinski definition) is 1. The Morgan fingerprint density at radius 3 is 2.65 bits per heavy atom. The van der Waals surface area contributed by atoms with Gasteiger partial charge >= 0.3 is 6.18 Å². The van der Waals surface area contributed by atoms with Crippen LogP contribution in [0.3, 0.4) is 0 Å². The average Bonchev–Trinajstić information content (AvgIpc) is 2.63. The number of alkyl halides is 3. The molecule has 1 unspecified atom stereocenters. The molecule has 17 heavy (non-hydrogen) atoms. The largest absolute Gasteiger partial charge is 0.389 e. The highest BCUT2D eigenvalue weighted by Crippen LogP contribution is 2.34. The van der Waals surface area contributed by atoms with Gasteiger partial charge in [-0.1, -0.05) is 6.92 Å². The Hall–Kier alpha value is -0.0700. The van der Waals surface area contributed by atoms with Gasteiger partial charge in [0.2, 0.25) is 0 Å². The molecule has 1 nitrogen and oxygen atoms in total. The molecule has 0 aromatic carbocycles. The second kappa shape index (κ2) is 6.75. The summed E-state index contributed by atoms with van der Waals surface area (Å²) in [5, 5.41) is 5.05. The van der Waals surface area contributed by atoms with Crippen molar-refractivity contribution in [1.82, 2.24) is 5.32 Å². The van der Waals surface area contributed by atoms with Gasteiger partial charge in [-0.15, -0.1) is 11.3 Å². The van der Waals surface area contributed by atoms with Crippen LogP contribution in [0, 0.1) is 0 Å². The van der Waals surface area contributed by atoms with Crippen LogP contribution in [0.15, 0.2) is 15.9 Å². The normalized spacial score (nSPS) is 13.9. The van der Waals surface area contributed by atoms with E-state index in [9.17, 15) is 13.2 Å². The summed E-state index contributed by atoms with van der Waals surface area (Å²) in [6.07, 6.45) is -3.84. The number of nitrogens with one attached hydrogen (secondary N) is 1. The van der Waals surface area contributed by atoms with Crippen molar-refractivity contribution in [3.8, 4) is 0 Å². The second-order valence-corrected chi connectivity index (χ2v) is 5.60. The highest BCUT2D eigenvalue weighted by molar-refractivity contribution is 9.10. The first-order valence-electron chi connectivity index (χ1n) is 5.47. The number of thiophene rings is 1. The van der Waals surface area contributed by atoms with Gasteiger partial charge in [0.05, 0.1) is 0 Å². The number of hydrogen-bond acceptors (Lipinski definition) is 2. The summed E-state index contributed by atoms with van der Waals surface area (Å²) in [6.45, 7) is 2.73. The molecule has 0 aliphatic carbocycles. The van der Waals surface area contributed by atoms with E-state index in [0.717, 1.165) is 22.3 Å². The third-order valence-corrected chi connectivity index (χ3v) is 4.30. The lowest BCUT2D eigenvalue weighted by atomic mass is 10.1. The maximum Gasteiger partial charge on any atom is 0.389 e. The Balaban J connectivity index is 2.64. The summed E-state index contributed by atoms with van der Waals surface area (Å²) in [7, 11) is 0. The van der Waals surface area contributed by atoms with Gasteiger partial charge in [-0.3, -0.25) is 0 Å². The SMILES string of the molecule is CCCNC(CCC(F)(F)F)c1sccc1Br. The van der Waals surface area contributed by atoms with E-state index in [4.69, 9.17) is 0 Å². The zero-order valence-corrected chi connectivity index (χ0v) is 11.9. The van der Waals surface area contributed by atoms with Gasteiger partial charge in [0.15, 0.2) is 0 Å². The van der Waals surface area contributed by atoms with Crippen molar-refractivity contribution in [3.05, 3.63) is 20.8 Å². The summed E-state index contributed by atoms with van der Waals surface area (Å²) in [5.41, 5.74) is 0. The second-order valence-electron chi connectivity index (χ2n) is 3.79. The zero-order chi connectivity index (χ0) is 12.9. The van der Waals surface area contributed by atoms with Crippen LogP contribution in [0.25, 0.3) is 0 Å². The van der Waals surface area contributed by atoms with Gasteiger partial charge in [-0.25, -0.2) is 0 Å². The molecule has 0 saturated heterocycles. The van der Waals surface area contributed by atoms with Crippen molar-refractivity contribution in [2.24, 2.45) is 0 Å². The minimum absolute atomic E-state index is 0.0859. The Labute approximate surface area is 112 Å².